The molecule has 1 aromatic carbocycles. The Hall–Kier alpha value is -1.78. The van der Waals surface area contributed by atoms with Crippen LogP contribution in [0, 0.1) is 0 Å². The third kappa shape index (κ3) is 4.07. The van der Waals surface area contributed by atoms with Crippen LogP contribution in [0.25, 0.3) is 0 Å². The predicted octanol–water partition coefficient (Wildman–Crippen LogP) is 3.76. The fourth-order valence-corrected chi connectivity index (χ4v) is 4.04. The number of nitrogens with zero attached hydrogens (tertiary/aromatic N) is 3. The highest BCUT2D eigenvalue weighted by molar-refractivity contribution is 5.28. The van der Waals surface area contributed by atoms with Crippen molar-refractivity contribution in [2.45, 2.75) is 63.6 Å². The third-order valence-electron chi connectivity index (χ3n) is 5.52. The number of hydrogen-bond acceptors (Lipinski definition) is 4. The van der Waals surface area contributed by atoms with E-state index >= 15 is 0 Å². The maximum atomic E-state index is 11.5. The summed E-state index contributed by atoms with van der Waals surface area (Å²) >= 11 is 0. The second-order valence-corrected chi connectivity index (χ2v) is 7.27. The molecular formula is C21H29N3O. The number of aromatic nitrogens is 2. The van der Waals surface area contributed by atoms with E-state index < -0.39 is 5.60 Å². The van der Waals surface area contributed by atoms with Crippen LogP contribution in [-0.2, 0) is 5.60 Å². The van der Waals surface area contributed by atoms with Gasteiger partial charge in [0.15, 0.2) is 5.82 Å². The van der Waals surface area contributed by atoms with Gasteiger partial charge in [-0.1, -0.05) is 36.8 Å². The van der Waals surface area contributed by atoms with Gasteiger partial charge in [0.2, 0.25) is 0 Å². The Bertz CT molecular complexity index is 597. The molecule has 4 nitrogen and oxygen atoms in total. The van der Waals surface area contributed by atoms with Gasteiger partial charge < -0.3 is 5.11 Å². The molecule has 1 N–H and O–H groups in total. The molecule has 25 heavy (non-hydrogen) atoms. The van der Waals surface area contributed by atoms with Crippen LogP contribution in [0.4, 0.5) is 0 Å². The van der Waals surface area contributed by atoms with E-state index in [1.807, 2.05) is 30.3 Å². The SMILES string of the molecule is C[C@@H]1CCC[C@H](C)N1CCCC(O)(c1ccccc1)c1ncccn1. The zero-order valence-electron chi connectivity index (χ0n) is 15.3. The van der Waals surface area contributed by atoms with Crippen LogP contribution in [0.2, 0.25) is 0 Å². The minimum atomic E-state index is -1.13. The molecule has 0 saturated carbocycles. The van der Waals surface area contributed by atoms with Gasteiger partial charge in [-0.3, -0.25) is 4.90 Å². The zero-order chi connectivity index (χ0) is 17.7. The monoisotopic (exact) mass is 339 g/mol. The average molecular weight is 339 g/mol. The molecule has 1 aliphatic heterocycles. The highest BCUT2D eigenvalue weighted by atomic mass is 16.3. The van der Waals surface area contributed by atoms with Gasteiger partial charge in [-0.05, 0) is 57.7 Å². The highest BCUT2D eigenvalue weighted by Gasteiger charge is 2.34. The Labute approximate surface area is 150 Å². The topological polar surface area (TPSA) is 49.2 Å². The largest absolute Gasteiger partial charge is 0.377 e. The van der Waals surface area contributed by atoms with Crippen molar-refractivity contribution < 1.29 is 5.11 Å². The third-order valence-corrected chi connectivity index (χ3v) is 5.52. The van der Waals surface area contributed by atoms with Gasteiger partial charge in [-0.25, -0.2) is 9.97 Å². The van der Waals surface area contributed by atoms with Crippen molar-refractivity contribution in [3.05, 3.63) is 60.2 Å². The summed E-state index contributed by atoms with van der Waals surface area (Å²) in [6, 6.07) is 12.8. The minimum absolute atomic E-state index is 0.487. The molecule has 0 spiro atoms. The molecule has 0 amide bonds. The molecule has 134 valence electrons. The fraction of sp³-hybridized carbons (Fsp3) is 0.524. The molecular weight excluding hydrogens is 310 g/mol. The lowest BCUT2D eigenvalue weighted by atomic mass is 9.87. The Kier molecular flexibility index (Phi) is 5.82. The Morgan fingerprint density at radius 3 is 2.32 bits per heavy atom. The molecule has 1 aliphatic rings. The summed E-state index contributed by atoms with van der Waals surface area (Å²) in [6.07, 6.45) is 8.81. The molecule has 4 heteroatoms. The maximum absolute atomic E-state index is 11.5. The molecule has 3 atom stereocenters. The van der Waals surface area contributed by atoms with Crippen molar-refractivity contribution in [2.75, 3.05) is 6.54 Å². The van der Waals surface area contributed by atoms with Gasteiger partial charge in [0.05, 0.1) is 0 Å². The second-order valence-electron chi connectivity index (χ2n) is 7.27. The number of hydrogen-bond donors (Lipinski definition) is 1. The summed E-state index contributed by atoms with van der Waals surface area (Å²) in [5.74, 6) is 0.487. The molecule has 3 rings (SSSR count). The molecule has 0 aliphatic carbocycles. The fourth-order valence-electron chi connectivity index (χ4n) is 4.04. The normalized spacial score (nSPS) is 24.0. The van der Waals surface area contributed by atoms with E-state index in [2.05, 4.69) is 28.7 Å². The smallest absolute Gasteiger partial charge is 0.164 e. The first kappa shape index (κ1) is 18.0. The summed E-state index contributed by atoms with van der Waals surface area (Å²) in [7, 11) is 0. The summed E-state index contributed by atoms with van der Waals surface area (Å²) in [6.45, 7) is 5.64. The lowest BCUT2D eigenvalue weighted by molar-refractivity contribution is 0.0452. The van der Waals surface area contributed by atoms with E-state index in [0.29, 0.717) is 24.3 Å². The first-order valence-corrected chi connectivity index (χ1v) is 9.42. The Balaban J connectivity index is 1.75. The van der Waals surface area contributed by atoms with Crippen molar-refractivity contribution in [3.8, 4) is 0 Å². The molecule has 1 fully saturated rings. The molecule has 1 aromatic heterocycles. The summed E-state index contributed by atoms with van der Waals surface area (Å²) in [5, 5.41) is 11.5. The lowest BCUT2D eigenvalue weighted by Crippen LogP contribution is -2.44. The van der Waals surface area contributed by atoms with Gasteiger partial charge in [0.25, 0.3) is 0 Å². The van der Waals surface area contributed by atoms with Crippen molar-refractivity contribution in [1.82, 2.24) is 14.9 Å². The van der Waals surface area contributed by atoms with Gasteiger partial charge in [-0.15, -0.1) is 0 Å². The van der Waals surface area contributed by atoms with E-state index in [9.17, 15) is 5.11 Å². The minimum Gasteiger partial charge on any atom is -0.377 e. The van der Waals surface area contributed by atoms with Crippen LogP contribution in [-0.4, -0.2) is 38.6 Å². The molecule has 2 heterocycles. The van der Waals surface area contributed by atoms with Gasteiger partial charge >= 0.3 is 0 Å². The summed E-state index contributed by atoms with van der Waals surface area (Å²) in [4.78, 5) is 11.3. The molecule has 0 bridgehead atoms. The number of benzene rings is 1. The van der Waals surface area contributed by atoms with Crippen molar-refractivity contribution in [1.29, 1.82) is 0 Å². The summed E-state index contributed by atoms with van der Waals surface area (Å²) < 4.78 is 0. The average Bonchev–Trinajstić information content (AvgIpc) is 2.65. The number of likely N-dealkylation sites (tertiary alicyclic amines) is 1. The Morgan fingerprint density at radius 1 is 1.04 bits per heavy atom. The van der Waals surface area contributed by atoms with E-state index in [0.717, 1.165) is 18.5 Å². The van der Waals surface area contributed by atoms with Crippen LogP contribution in [0.1, 0.15) is 57.3 Å². The molecule has 2 aromatic rings. The Morgan fingerprint density at radius 2 is 1.68 bits per heavy atom. The van der Waals surface area contributed by atoms with Crippen LogP contribution in [0.5, 0.6) is 0 Å². The number of rotatable bonds is 6. The van der Waals surface area contributed by atoms with Crippen molar-refractivity contribution in [3.63, 3.8) is 0 Å². The van der Waals surface area contributed by atoms with Gasteiger partial charge in [0, 0.05) is 24.5 Å². The van der Waals surface area contributed by atoms with Crippen LogP contribution in [0.3, 0.4) is 0 Å². The van der Waals surface area contributed by atoms with Crippen molar-refractivity contribution in [2.24, 2.45) is 0 Å². The quantitative estimate of drug-likeness (QED) is 0.871. The number of aliphatic hydroxyl groups is 1. The zero-order valence-corrected chi connectivity index (χ0v) is 15.3. The molecule has 0 radical (unpaired) electrons. The summed E-state index contributed by atoms with van der Waals surface area (Å²) in [5.41, 5.74) is -0.272. The van der Waals surface area contributed by atoms with E-state index in [4.69, 9.17) is 0 Å². The first-order valence-electron chi connectivity index (χ1n) is 9.42. The second kappa shape index (κ2) is 8.07. The van der Waals surface area contributed by atoms with Crippen LogP contribution >= 0.6 is 0 Å². The first-order chi connectivity index (χ1) is 12.1. The number of piperidine rings is 1. The standard InChI is InChI=1S/C21H29N3O/c1-17-9-6-10-18(2)24(17)16-7-13-21(25,19-11-4-3-5-12-19)20-22-14-8-15-23-20/h3-5,8,11-12,14-15,17-18,25H,6-7,9-10,13,16H2,1-2H3/t17-,18+,21?. The molecule has 1 unspecified atom stereocenters. The van der Waals surface area contributed by atoms with E-state index in [1.165, 1.54) is 19.3 Å². The molecule has 1 saturated heterocycles. The lowest BCUT2D eigenvalue weighted by Gasteiger charge is -2.39. The van der Waals surface area contributed by atoms with E-state index in [1.54, 1.807) is 18.5 Å². The highest BCUT2D eigenvalue weighted by Crippen LogP contribution is 2.32. The maximum Gasteiger partial charge on any atom is 0.164 e. The van der Waals surface area contributed by atoms with Crippen LogP contribution in [0.15, 0.2) is 48.8 Å². The van der Waals surface area contributed by atoms with Gasteiger partial charge in [0.1, 0.15) is 5.60 Å². The van der Waals surface area contributed by atoms with Gasteiger partial charge in [-0.2, -0.15) is 0 Å². The van der Waals surface area contributed by atoms with Crippen LogP contribution < -0.4 is 0 Å². The van der Waals surface area contributed by atoms with E-state index in [-0.39, 0.29) is 0 Å². The predicted molar refractivity (Wildman–Crippen MR) is 100 cm³/mol. The van der Waals surface area contributed by atoms with Crippen molar-refractivity contribution >= 4 is 0 Å².